The zero-order valence-electron chi connectivity index (χ0n) is 22.9. The fourth-order valence-electron chi connectivity index (χ4n) is 4.95. The maximum atomic E-state index is 10.7. The van der Waals surface area contributed by atoms with Gasteiger partial charge in [0.15, 0.2) is 0 Å². The zero-order chi connectivity index (χ0) is 26.2. The van der Waals surface area contributed by atoms with Crippen LogP contribution in [0.15, 0.2) is 36.4 Å². The normalized spacial score (nSPS) is 13.1. The van der Waals surface area contributed by atoms with Gasteiger partial charge in [0.05, 0.1) is 12.5 Å². The van der Waals surface area contributed by atoms with Gasteiger partial charge in [-0.05, 0) is 90.5 Å². The summed E-state index contributed by atoms with van der Waals surface area (Å²) < 4.78 is 0. The predicted octanol–water partition coefficient (Wildman–Crippen LogP) is 7.50. The van der Waals surface area contributed by atoms with Gasteiger partial charge in [-0.25, -0.2) is 0 Å². The first kappa shape index (κ1) is 29.5. The van der Waals surface area contributed by atoms with E-state index < -0.39 is 5.97 Å². The second kappa shape index (κ2) is 13.0. The highest BCUT2D eigenvalue weighted by Gasteiger charge is 2.31. The number of carbonyl (C=O) groups is 1. The minimum atomic E-state index is -0.723. The van der Waals surface area contributed by atoms with Crippen molar-refractivity contribution < 1.29 is 15.0 Å². The van der Waals surface area contributed by atoms with Gasteiger partial charge < -0.3 is 10.2 Å². The second-order valence-electron chi connectivity index (χ2n) is 11.0. The molecule has 0 aliphatic heterocycles. The van der Waals surface area contributed by atoms with Crippen LogP contribution < -0.4 is 0 Å². The van der Waals surface area contributed by atoms with Crippen molar-refractivity contribution in [3.63, 3.8) is 0 Å². The van der Waals surface area contributed by atoms with Crippen molar-refractivity contribution in [2.24, 2.45) is 5.41 Å². The average Bonchev–Trinajstić information content (AvgIpc) is 2.79. The van der Waals surface area contributed by atoms with E-state index in [-0.39, 0.29) is 23.4 Å². The van der Waals surface area contributed by atoms with Crippen LogP contribution in [-0.4, -0.2) is 33.8 Å². The molecule has 0 radical (unpaired) electrons. The van der Waals surface area contributed by atoms with Crippen LogP contribution >= 0.6 is 11.8 Å². The minimum absolute atomic E-state index is 0.0201. The van der Waals surface area contributed by atoms with Crippen molar-refractivity contribution in [1.29, 1.82) is 0 Å². The Morgan fingerprint density at radius 1 is 0.886 bits per heavy atom. The third kappa shape index (κ3) is 7.85. The Morgan fingerprint density at radius 3 is 1.83 bits per heavy atom. The number of carboxylic acid groups (broad SMARTS) is 1. The summed E-state index contributed by atoms with van der Waals surface area (Å²) in [5.74, 6) is 0.899. The van der Waals surface area contributed by atoms with E-state index in [9.17, 15) is 9.90 Å². The maximum absolute atomic E-state index is 10.7. The van der Waals surface area contributed by atoms with E-state index in [0.717, 1.165) is 37.9 Å². The monoisotopic (exact) mass is 498 g/mol. The van der Waals surface area contributed by atoms with Crippen LogP contribution in [0.1, 0.15) is 93.7 Å². The quantitative estimate of drug-likeness (QED) is 0.281. The molecule has 2 N–H and O–H groups in total. The Labute approximate surface area is 217 Å². The summed E-state index contributed by atoms with van der Waals surface area (Å²) in [5, 5.41) is 19.3. The van der Waals surface area contributed by atoms with Crippen LogP contribution in [0.4, 0.5) is 0 Å². The lowest BCUT2D eigenvalue weighted by Gasteiger charge is -2.34. The topological polar surface area (TPSA) is 57.5 Å². The van der Waals surface area contributed by atoms with Crippen LogP contribution in [-0.2, 0) is 23.1 Å². The van der Waals surface area contributed by atoms with E-state index in [1.165, 1.54) is 33.4 Å². The van der Waals surface area contributed by atoms with E-state index in [2.05, 4.69) is 84.9 Å². The number of rotatable bonds is 13. The summed E-state index contributed by atoms with van der Waals surface area (Å²) in [7, 11) is 0. The number of carboxylic acids is 1. The van der Waals surface area contributed by atoms with E-state index in [0.29, 0.717) is 5.75 Å². The van der Waals surface area contributed by atoms with Gasteiger partial charge in [-0.3, -0.25) is 4.79 Å². The summed E-state index contributed by atoms with van der Waals surface area (Å²) >= 11 is 1.71. The molecule has 0 bridgehead atoms. The fraction of sp³-hybridized carbons (Fsp3) is 0.581. The number of aliphatic hydroxyl groups excluding tert-OH is 1. The highest BCUT2D eigenvalue weighted by molar-refractivity contribution is 7.99. The Hall–Kier alpha value is -1.78. The first-order valence-corrected chi connectivity index (χ1v) is 14.3. The Balaban J connectivity index is 2.21. The lowest BCUT2D eigenvalue weighted by Crippen LogP contribution is -2.27. The molecule has 4 heteroatoms. The highest BCUT2D eigenvalue weighted by atomic mass is 32.2. The summed E-state index contributed by atoms with van der Waals surface area (Å²) in [5.41, 5.74) is 7.93. The third-order valence-corrected chi connectivity index (χ3v) is 8.65. The van der Waals surface area contributed by atoms with Gasteiger partial charge in [0.25, 0.3) is 0 Å². The molecule has 0 saturated heterocycles. The molecule has 3 nitrogen and oxygen atoms in total. The second-order valence-corrected chi connectivity index (χ2v) is 12.2. The number of aliphatic carboxylic acids is 1. The minimum Gasteiger partial charge on any atom is -0.481 e. The summed E-state index contributed by atoms with van der Waals surface area (Å²) in [6.07, 6.45) is 4.65. The van der Waals surface area contributed by atoms with Gasteiger partial charge in [0.1, 0.15) is 0 Å². The number of aliphatic hydroxyl groups is 1. The standard InChI is InChI=1S/C31H46O3S/c1-8-31(9-2,26-13-10-24(22(3)20-26)12-15-28(32)30(5,6)7)27-14-11-25(23(4)21-27)16-18-35-19-17-29(33)34/h10-11,13-14,20-21,28,32H,8-9,12,15-19H2,1-7H3,(H,33,34). The Morgan fingerprint density at radius 2 is 1.40 bits per heavy atom. The van der Waals surface area contributed by atoms with Crippen LogP contribution in [0.25, 0.3) is 0 Å². The van der Waals surface area contributed by atoms with Crippen molar-refractivity contribution >= 4 is 17.7 Å². The average molecular weight is 499 g/mol. The molecule has 0 saturated carbocycles. The number of hydrogen-bond donors (Lipinski definition) is 2. The molecular formula is C31H46O3S. The summed E-state index contributed by atoms with van der Waals surface area (Å²) in [6.45, 7) is 15.3. The number of hydrogen-bond acceptors (Lipinski definition) is 3. The smallest absolute Gasteiger partial charge is 0.304 e. The number of thioether (sulfide) groups is 1. The van der Waals surface area contributed by atoms with Gasteiger partial charge in [-0.15, -0.1) is 0 Å². The molecule has 194 valence electrons. The molecule has 35 heavy (non-hydrogen) atoms. The molecule has 1 unspecified atom stereocenters. The highest BCUT2D eigenvalue weighted by Crippen LogP contribution is 2.40. The molecule has 0 aromatic heterocycles. The Kier molecular flexibility index (Phi) is 10.9. The van der Waals surface area contributed by atoms with Gasteiger partial charge in [-0.1, -0.05) is 71.0 Å². The fourth-order valence-corrected chi connectivity index (χ4v) is 5.84. The molecule has 2 rings (SSSR count). The molecule has 0 fully saturated rings. The summed E-state index contributed by atoms with van der Waals surface area (Å²) in [4.78, 5) is 10.7. The van der Waals surface area contributed by atoms with Crippen LogP contribution in [0.3, 0.4) is 0 Å². The first-order chi connectivity index (χ1) is 16.4. The molecular weight excluding hydrogens is 452 g/mol. The van der Waals surface area contributed by atoms with Crippen molar-refractivity contribution in [2.45, 2.75) is 98.5 Å². The molecule has 0 heterocycles. The Bertz CT molecular complexity index is 970. The lowest BCUT2D eigenvalue weighted by atomic mass is 9.69. The van der Waals surface area contributed by atoms with Crippen LogP contribution in [0, 0.1) is 19.3 Å². The largest absolute Gasteiger partial charge is 0.481 e. The number of benzene rings is 2. The molecule has 1 atom stereocenters. The molecule has 0 amide bonds. The number of aryl methyl sites for hydroxylation is 4. The van der Waals surface area contributed by atoms with Crippen molar-refractivity contribution in [2.75, 3.05) is 11.5 Å². The molecule has 2 aromatic rings. The van der Waals surface area contributed by atoms with Crippen molar-refractivity contribution in [3.8, 4) is 0 Å². The van der Waals surface area contributed by atoms with E-state index >= 15 is 0 Å². The van der Waals surface area contributed by atoms with Gasteiger partial charge in [0.2, 0.25) is 0 Å². The third-order valence-electron chi connectivity index (χ3n) is 7.66. The van der Waals surface area contributed by atoms with E-state index in [1.54, 1.807) is 11.8 Å². The van der Waals surface area contributed by atoms with Crippen LogP contribution in [0.5, 0.6) is 0 Å². The van der Waals surface area contributed by atoms with Crippen molar-refractivity contribution in [3.05, 3.63) is 69.8 Å². The van der Waals surface area contributed by atoms with Gasteiger partial charge >= 0.3 is 5.97 Å². The van der Waals surface area contributed by atoms with Crippen molar-refractivity contribution in [1.82, 2.24) is 0 Å². The molecule has 2 aromatic carbocycles. The lowest BCUT2D eigenvalue weighted by molar-refractivity contribution is -0.136. The molecule has 0 spiro atoms. The van der Waals surface area contributed by atoms with E-state index in [4.69, 9.17) is 5.11 Å². The molecule has 0 aliphatic rings. The van der Waals surface area contributed by atoms with Crippen LogP contribution in [0.2, 0.25) is 0 Å². The van der Waals surface area contributed by atoms with Gasteiger partial charge in [0, 0.05) is 11.2 Å². The first-order valence-electron chi connectivity index (χ1n) is 13.1. The summed E-state index contributed by atoms with van der Waals surface area (Å²) in [6, 6.07) is 13.9. The SMILES string of the molecule is CCC(CC)(c1ccc(CCSCCC(=O)O)c(C)c1)c1ccc(CCC(O)C(C)(C)C)c(C)c1. The van der Waals surface area contributed by atoms with E-state index in [1.807, 2.05) is 0 Å². The predicted molar refractivity (Wildman–Crippen MR) is 151 cm³/mol. The molecule has 0 aliphatic carbocycles. The maximum Gasteiger partial charge on any atom is 0.304 e. The zero-order valence-corrected chi connectivity index (χ0v) is 23.7. The van der Waals surface area contributed by atoms with Gasteiger partial charge in [-0.2, -0.15) is 11.8 Å².